The number of alkyl halides is 3. The Balaban J connectivity index is 2.11. The number of ether oxygens (including phenoxy) is 1. The number of fused-ring (bicyclic) bond motifs is 1. The maximum Gasteiger partial charge on any atom is 0.432 e. The van der Waals surface area contributed by atoms with Gasteiger partial charge in [-0.05, 0) is 51.2 Å². The summed E-state index contributed by atoms with van der Waals surface area (Å²) in [6, 6.07) is 4.00. The minimum absolute atomic E-state index is 0.142. The Bertz CT molecular complexity index is 1230. The van der Waals surface area contributed by atoms with Crippen molar-refractivity contribution >= 4 is 33.3 Å². The van der Waals surface area contributed by atoms with E-state index in [4.69, 9.17) is 4.74 Å². The highest BCUT2D eigenvalue weighted by atomic mass is 32.1. The highest BCUT2D eigenvalue weighted by molar-refractivity contribution is 7.18. The van der Waals surface area contributed by atoms with Crippen LogP contribution in [0.3, 0.4) is 0 Å². The van der Waals surface area contributed by atoms with Crippen LogP contribution in [0, 0.1) is 24.2 Å². The van der Waals surface area contributed by atoms with Gasteiger partial charge in [0.05, 0.1) is 44.9 Å². The predicted molar refractivity (Wildman–Crippen MR) is 146 cm³/mol. The molecule has 1 aromatic heterocycles. The Morgan fingerprint density at radius 3 is 2.35 bits per heavy atom. The number of esters is 1. The van der Waals surface area contributed by atoms with Gasteiger partial charge in [-0.25, -0.2) is 4.98 Å². The zero-order chi connectivity index (χ0) is 30.3. The van der Waals surface area contributed by atoms with Crippen LogP contribution in [-0.4, -0.2) is 56.0 Å². The number of hydrogen-bond donors (Lipinski definition) is 3. The molecule has 224 valence electrons. The first-order valence-corrected chi connectivity index (χ1v) is 14.4. The second-order valence-corrected chi connectivity index (χ2v) is 13.4. The molecule has 7 nitrogen and oxygen atoms in total. The normalized spacial score (nSPS) is 33.6. The number of cyclic esters (lactones) is 1. The number of rotatable bonds is 1. The van der Waals surface area contributed by atoms with Crippen molar-refractivity contribution in [3.63, 3.8) is 0 Å². The number of aryl methyl sites for hydroxylation is 1. The van der Waals surface area contributed by atoms with Gasteiger partial charge in [-0.1, -0.05) is 40.2 Å². The molecule has 0 bridgehead atoms. The molecule has 2 heterocycles. The largest absolute Gasteiger partial charge is 0.444 e. The van der Waals surface area contributed by atoms with E-state index in [9.17, 15) is 24.9 Å². The number of ketones is 1. The van der Waals surface area contributed by atoms with E-state index >= 15 is 13.2 Å². The lowest BCUT2D eigenvalue weighted by Gasteiger charge is -2.39. The van der Waals surface area contributed by atoms with Gasteiger partial charge in [0.25, 0.3) is 0 Å². The van der Waals surface area contributed by atoms with Crippen LogP contribution in [0.1, 0.15) is 83.7 Å². The van der Waals surface area contributed by atoms with E-state index in [1.165, 1.54) is 57.2 Å². The number of thiazole rings is 1. The molecule has 1 aromatic carbocycles. The second kappa shape index (κ2) is 11.7. The fourth-order valence-electron chi connectivity index (χ4n) is 5.51. The van der Waals surface area contributed by atoms with Crippen molar-refractivity contribution in [1.82, 2.24) is 4.98 Å². The lowest BCUT2D eigenvalue weighted by Crippen LogP contribution is -2.49. The third kappa shape index (κ3) is 6.69. The molecule has 1 fully saturated rings. The molecule has 0 spiro atoms. The molecule has 3 rings (SSSR count). The molecule has 1 aliphatic heterocycles. The SMILES string of the molecule is Cc1nc2cc(C3(C(F)(F)F)CCC(C)(O)CCCC(C)C(O)C(C)C(=O)C(C)(C)C(O)CC(=O)O3)ccc2s1. The van der Waals surface area contributed by atoms with Crippen LogP contribution in [0.2, 0.25) is 0 Å². The Kier molecular flexibility index (Phi) is 9.45. The lowest BCUT2D eigenvalue weighted by atomic mass is 9.72. The van der Waals surface area contributed by atoms with E-state index < -0.39 is 65.5 Å². The summed E-state index contributed by atoms with van der Waals surface area (Å²) < 4.78 is 51.1. The Morgan fingerprint density at radius 2 is 1.73 bits per heavy atom. The maximum atomic E-state index is 15.0. The number of benzene rings is 1. The van der Waals surface area contributed by atoms with E-state index in [0.717, 1.165) is 0 Å². The predicted octanol–water partition coefficient (Wildman–Crippen LogP) is 5.60. The molecular formula is C29H40F3NO6S. The number of Topliss-reactive ketones (excluding diaryl/α,β-unsaturated/α-hetero) is 1. The van der Waals surface area contributed by atoms with Crippen molar-refractivity contribution in [2.24, 2.45) is 17.3 Å². The fourth-order valence-corrected chi connectivity index (χ4v) is 6.31. The van der Waals surface area contributed by atoms with Crippen LogP contribution in [0.4, 0.5) is 13.2 Å². The van der Waals surface area contributed by atoms with Gasteiger partial charge in [0.2, 0.25) is 5.60 Å². The van der Waals surface area contributed by atoms with Gasteiger partial charge >= 0.3 is 12.1 Å². The van der Waals surface area contributed by atoms with E-state index in [-0.39, 0.29) is 24.3 Å². The quantitative estimate of drug-likeness (QED) is 0.372. The van der Waals surface area contributed by atoms with E-state index in [1.807, 2.05) is 0 Å². The van der Waals surface area contributed by atoms with Crippen molar-refractivity contribution in [1.29, 1.82) is 0 Å². The zero-order valence-corrected chi connectivity index (χ0v) is 24.7. The molecular weight excluding hydrogens is 547 g/mol. The number of carbonyl (C=O) groups excluding carboxylic acids is 2. The summed E-state index contributed by atoms with van der Waals surface area (Å²) in [5, 5.41) is 33.4. The van der Waals surface area contributed by atoms with Crippen LogP contribution in [-0.2, 0) is 19.9 Å². The minimum Gasteiger partial charge on any atom is -0.444 e. The molecule has 40 heavy (non-hydrogen) atoms. The molecule has 6 atom stereocenters. The highest BCUT2D eigenvalue weighted by Gasteiger charge is 2.60. The Labute approximate surface area is 236 Å². The minimum atomic E-state index is -5.08. The summed E-state index contributed by atoms with van der Waals surface area (Å²) in [5.41, 5.74) is -6.21. The van der Waals surface area contributed by atoms with Gasteiger partial charge in [-0.15, -0.1) is 11.3 Å². The van der Waals surface area contributed by atoms with E-state index in [0.29, 0.717) is 28.1 Å². The van der Waals surface area contributed by atoms with Crippen LogP contribution >= 0.6 is 11.3 Å². The first kappa shape index (κ1) is 32.4. The summed E-state index contributed by atoms with van der Waals surface area (Å²) in [7, 11) is 0. The van der Waals surface area contributed by atoms with Gasteiger partial charge < -0.3 is 20.1 Å². The van der Waals surface area contributed by atoms with Crippen LogP contribution < -0.4 is 0 Å². The summed E-state index contributed by atoms with van der Waals surface area (Å²) in [5.74, 6) is -3.10. The number of carbonyl (C=O) groups is 2. The smallest absolute Gasteiger partial charge is 0.432 e. The average Bonchev–Trinajstić information content (AvgIpc) is 3.22. The standard InChI is InChI=1S/C29H40F3NO6S/c1-16-8-7-11-27(6,38)12-13-28(29(30,31)32,19-9-10-21-20(14-19)33-18(3)40-21)39-23(35)15-22(34)26(4,5)25(37)17(2)24(16)36/h9-10,14,16-17,22,24,34,36,38H,7-8,11-13,15H2,1-6H3. The first-order valence-electron chi connectivity index (χ1n) is 13.6. The fraction of sp³-hybridized carbons (Fsp3) is 0.690. The molecule has 1 aliphatic rings. The lowest BCUT2D eigenvalue weighted by molar-refractivity contribution is -0.282. The number of halogens is 3. The summed E-state index contributed by atoms with van der Waals surface area (Å²) in [6.07, 6.45) is -8.80. The van der Waals surface area contributed by atoms with Crippen LogP contribution in [0.15, 0.2) is 18.2 Å². The van der Waals surface area contributed by atoms with Gasteiger partial charge in [-0.3, -0.25) is 9.59 Å². The molecule has 3 N–H and O–H groups in total. The topological polar surface area (TPSA) is 117 Å². The molecule has 1 saturated heterocycles. The van der Waals surface area contributed by atoms with Crippen LogP contribution in [0.25, 0.3) is 10.2 Å². The third-order valence-electron chi connectivity index (χ3n) is 8.43. The molecule has 0 aliphatic carbocycles. The zero-order valence-electron chi connectivity index (χ0n) is 23.8. The van der Waals surface area contributed by atoms with Crippen LogP contribution in [0.5, 0.6) is 0 Å². The number of aliphatic hydroxyl groups excluding tert-OH is 2. The molecule has 2 aromatic rings. The van der Waals surface area contributed by atoms with Crippen molar-refractivity contribution < 1.29 is 42.8 Å². The maximum absolute atomic E-state index is 15.0. The van der Waals surface area contributed by atoms with Gasteiger partial charge in [-0.2, -0.15) is 13.2 Å². The van der Waals surface area contributed by atoms with E-state index in [2.05, 4.69) is 4.98 Å². The Hall–Kier alpha value is -2.08. The van der Waals surface area contributed by atoms with Gasteiger partial charge in [0.15, 0.2) is 0 Å². The molecule has 0 amide bonds. The summed E-state index contributed by atoms with van der Waals surface area (Å²) in [4.78, 5) is 30.7. The average molecular weight is 588 g/mol. The van der Waals surface area contributed by atoms with Crippen molar-refractivity contribution in [3.05, 3.63) is 28.8 Å². The van der Waals surface area contributed by atoms with Crippen molar-refractivity contribution in [2.45, 2.75) is 110 Å². The molecule has 0 saturated carbocycles. The summed E-state index contributed by atoms with van der Waals surface area (Å²) >= 11 is 1.32. The molecule has 6 unspecified atom stereocenters. The van der Waals surface area contributed by atoms with Gasteiger partial charge in [0, 0.05) is 17.9 Å². The summed E-state index contributed by atoms with van der Waals surface area (Å²) in [6.45, 7) is 9.26. The molecule has 0 radical (unpaired) electrons. The molecule has 11 heteroatoms. The van der Waals surface area contributed by atoms with Gasteiger partial charge in [0.1, 0.15) is 5.78 Å². The third-order valence-corrected chi connectivity index (χ3v) is 9.39. The van der Waals surface area contributed by atoms with Crippen molar-refractivity contribution in [2.75, 3.05) is 0 Å². The monoisotopic (exact) mass is 587 g/mol. The first-order chi connectivity index (χ1) is 18.3. The van der Waals surface area contributed by atoms with E-state index in [1.54, 1.807) is 13.8 Å². The number of nitrogens with zero attached hydrogens (tertiary/aromatic N) is 1. The number of hydrogen-bond acceptors (Lipinski definition) is 8. The number of aliphatic hydroxyl groups is 3. The van der Waals surface area contributed by atoms with Crippen molar-refractivity contribution in [3.8, 4) is 0 Å². The highest BCUT2D eigenvalue weighted by Crippen LogP contribution is 2.48. The second-order valence-electron chi connectivity index (χ2n) is 12.2. The Morgan fingerprint density at radius 1 is 1.07 bits per heavy atom. The number of aromatic nitrogens is 1.